The van der Waals surface area contributed by atoms with Crippen molar-refractivity contribution < 1.29 is 9.50 Å². The zero-order valence-electron chi connectivity index (χ0n) is 10.5. The number of hydrogen-bond acceptors (Lipinski definition) is 2. The highest BCUT2D eigenvalue weighted by atomic mass is 35.5. The third-order valence-corrected chi connectivity index (χ3v) is 3.25. The van der Waals surface area contributed by atoms with Gasteiger partial charge in [-0.2, -0.15) is 0 Å². The molecule has 2 aromatic carbocycles. The molecule has 2 N–H and O–H groups in total. The minimum atomic E-state index is -0.344. The third-order valence-electron chi connectivity index (χ3n) is 2.92. The summed E-state index contributed by atoms with van der Waals surface area (Å²) in [5.41, 5.74) is 2.55. The quantitative estimate of drug-likeness (QED) is 0.881. The Balaban J connectivity index is 2.17. The van der Waals surface area contributed by atoms with Crippen molar-refractivity contribution in [2.75, 3.05) is 5.32 Å². The number of aliphatic hydroxyl groups excluding tert-OH is 1. The van der Waals surface area contributed by atoms with Gasteiger partial charge < -0.3 is 10.4 Å². The fraction of sp³-hybridized carbons (Fsp3) is 0.200. The van der Waals surface area contributed by atoms with E-state index in [2.05, 4.69) is 5.32 Å². The number of hydrogen-bond donors (Lipinski definition) is 2. The molecule has 0 heterocycles. The van der Waals surface area contributed by atoms with Crippen molar-refractivity contribution in [3.8, 4) is 0 Å². The summed E-state index contributed by atoms with van der Waals surface area (Å²) >= 11 is 6.03. The van der Waals surface area contributed by atoms with Crippen LogP contribution in [0, 0.1) is 5.82 Å². The van der Waals surface area contributed by atoms with E-state index in [0.29, 0.717) is 5.02 Å². The van der Waals surface area contributed by atoms with Crippen molar-refractivity contribution >= 4 is 17.3 Å². The Bertz CT molecular complexity index is 574. The molecule has 0 saturated heterocycles. The summed E-state index contributed by atoms with van der Waals surface area (Å²) in [6.07, 6.45) is 0. The van der Waals surface area contributed by atoms with E-state index in [4.69, 9.17) is 16.7 Å². The molecule has 4 heteroatoms. The van der Waals surface area contributed by atoms with Crippen molar-refractivity contribution in [1.82, 2.24) is 0 Å². The predicted octanol–water partition coefficient (Wildman–Crippen LogP) is 4.14. The predicted molar refractivity (Wildman–Crippen MR) is 75.8 cm³/mol. The van der Waals surface area contributed by atoms with Crippen molar-refractivity contribution in [2.45, 2.75) is 19.6 Å². The summed E-state index contributed by atoms with van der Waals surface area (Å²) in [6.45, 7) is 1.95. The SMILES string of the molecule is CC(Nc1cccc(CO)c1)c1ccc(F)cc1Cl. The average Bonchev–Trinajstić information content (AvgIpc) is 2.38. The number of benzene rings is 2. The second kappa shape index (κ2) is 6.04. The van der Waals surface area contributed by atoms with Crippen LogP contribution in [0.5, 0.6) is 0 Å². The first-order valence-electron chi connectivity index (χ1n) is 6.01. The average molecular weight is 280 g/mol. The van der Waals surface area contributed by atoms with Crippen LogP contribution in [0.1, 0.15) is 24.1 Å². The van der Waals surface area contributed by atoms with Gasteiger partial charge in [0.1, 0.15) is 5.82 Å². The minimum absolute atomic E-state index is 0.00120. The number of aliphatic hydroxyl groups is 1. The normalized spacial score (nSPS) is 12.2. The molecular weight excluding hydrogens is 265 g/mol. The molecule has 0 saturated carbocycles. The van der Waals surface area contributed by atoms with Gasteiger partial charge in [-0.3, -0.25) is 0 Å². The Morgan fingerprint density at radius 3 is 2.74 bits per heavy atom. The van der Waals surface area contributed by atoms with Crippen LogP contribution in [-0.2, 0) is 6.61 Å². The van der Waals surface area contributed by atoms with Gasteiger partial charge in [0, 0.05) is 16.8 Å². The Hall–Kier alpha value is -1.58. The number of anilines is 1. The van der Waals surface area contributed by atoms with Crippen LogP contribution in [0.15, 0.2) is 42.5 Å². The number of halogens is 2. The maximum Gasteiger partial charge on any atom is 0.124 e. The lowest BCUT2D eigenvalue weighted by atomic mass is 10.1. The molecule has 0 radical (unpaired) electrons. The summed E-state index contributed by atoms with van der Waals surface area (Å²) in [5.74, 6) is -0.344. The molecule has 0 bridgehead atoms. The molecule has 19 heavy (non-hydrogen) atoms. The van der Waals surface area contributed by atoms with Crippen LogP contribution in [0.25, 0.3) is 0 Å². The summed E-state index contributed by atoms with van der Waals surface area (Å²) < 4.78 is 13.0. The van der Waals surface area contributed by atoms with Gasteiger partial charge in [0.15, 0.2) is 0 Å². The molecule has 2 aromatic rings. The smallest absolute Gasteiger partial charge is 0.124 e. The van der Waals surface area contributed by atoms with Crippen molar-refractivity contribution in [1.29, 1.82) is 0 Å². The highest BCUT2D eigenvalue weighted by Gasteiger charge is 2.10. The van der Waals surface area contributed by atoms with E-state index in [-0.39, 0.29) is 18.5 Å². The van der Waals surface area contributed by atoms with Crippen LogP contribution in [0.3, 0.4) is 0 Å². The molecule has 0 aliphatic rings. The minimum Gasteiger partial charge on any atom is -0.392 e. The first-order chi connectivity index (χ1) is 9.10. The van der Waals surface area contributed by atoms with E-state index < -0.39 is 0 Å². The maximum atomic E-state index is 13.0. The third kappa shape index (κ3) is 3.46. The van der Waals surface area contributed by atoms with Gasteiger partial charge in [-0.15, -0.1) is 0 Å². The summed E-state index contributed by atoms with van der Waals surface area (Å²) in [5, 5.41) is 12.8. The molecule has 0 amide bonds. The molecule has 0 fully saturated rings. The Kier molecular flexibility index (Phi) is 4.40. The van der Waals surface area contributed by atoms with Crippen LogP contribution >= 0.6 is 11.6 Å². The summed E-state index contributed by atoms with van der Waals surface area (Å²) in [4.78, 5) is 0. The van der Waals surface area contributed by atoms with E-state index in [0.717, 1.165) is 16.8 Å². The summed E-state index contributed by atoms with van der Waals surface area (Å²) in [6, 6.07) is 11.8. The lowest BCUT2D eigenvalue weighted by Gasteiger charge is -2.17. The number of rotatable bonds is 4. The van der Waals surface area contributed by atoms with Gasteiger partial charge in [0.2, 0.25) is 0 Å². The lowest BCUT2D eigenvalue weighted by Crippen LogP contribution is -2.07. The van der Waals surface area contributed by atoms with E-state index in [1.54, 1.807) is 6.07 Å². The lowest BCUT2D eigenvalue weighted by molar-refractivity contribution is 0.282. The van der Waals surface area contributed by atoms with Crippen LogP contribution in [0.2, 0.25) is 5.02 Å². The van der Waals surface area contributed by atoms with Gasteiger partial charge in [0.05, 0.1) is 6.61 Å². The van der Waals surface area contributed by atoms with E-state index in [9.17, 15) is 4.39 Å². The zero-order valence-corrected chi connectivity index (χ0v) is 11.3. The fourth-order valence-electron chi connectivity index (χ4n) is 1.94. The first-order valence-corrected chi connectivity index (χ1v) is 6.39. The Morgan fingerprint density at radius 1 is 1.26 bits per heavy atom. The second-order valence-electron chi connectivity index (χ2n) is 4.39. The molecule has 2 nitrogen and oxygen atoms in total. The molecule has 1 atom stereocenters. The van der Waals surface area contributed by atoms with E-state index in [1.807, 2.05) is 31.2 Å². The first kappa shape index (κ1) is 13.8. The van der Waals surface area contributed by atoms with Gasteiger partial charge in [-0.25, -0.2) is 4.39 Å². The van der Waals surface area contributed by atoms with Crippen molar-refractivity contribution in [3.05, 3.63) is 64.4 Å². The van der Waals surface area contributed by atoms with Gasteiger partial charge in [-0.1, -0.05) is 29.8 Å². The van der Waals surface area contributed by atoms with Crippen molar-refractivity contribution in [2.24, 2.45) is 0 Å². The summed E-state index contributed by atoms with van der Waals surface area (Å²) in [7, 11) is 0. The van der Waals surface area contributed by atoms with Gasteiger partial charge in [-0.05, 0) is 42.3 Å². The fourth-order valence-corrected chi connectivity index (χ4v) is 2.27. The standard InChI is InChI=1S/C15H15ClFNO/c1-10(14-6-5-12(17)8-15(14)16)18-13-4-2-3-11(7-13)9-19/h2-8,10,18-19H,9H2,1H3. The van der Waals surface area contributed by atoms with E-state index in [1.165, 1.54) is 12.1 Å². The maximum absolute atomic E-state index is 13.0. The van der Waals surface area contributed by atoms with Gasteiger partial charge in [0.25, 0.3) is 0 Å². The van der Waals surface area contributed by atoms with Gasteiger partial charge >= 0.3 is 0 Å². The molecule has 0 spiro atoms. The molecule has 1 unspecified atom stereocenters. The molecule has 0 aromatic heterocycles. The Labute approximate surface area is 116 Å². The molecule has 100 valence electrons. The van der Waals surface area contributed by atoms with Crippen LogP contribution < -0.4 is 5.32 Å². The van der Waals surface area contributed by atoms with Crippen LogP contribution in [-0.4, -0.2) is 5.11 Å². The molecule has 2 rings (SSSR count). The molecule has 0 aliphatic heterocycles. The topological polar surface area (TPSA) is 32.3 Å². The van der Waals surface area contributed by atoms with Crippen molar-refractivity contribution in [3.63, 3.8) is 0 Å². The van der Waals surface area contributed by atoms with Crippen LogP contribution in [0.4, 0.5) is 10.1 Å². The highest BCUT2D eigenvalue weighted by Crippen LogP contribution is 2.26. The second-order valence-corrected chi connectivity index (χ2v) is 4.80. The Morgan fingerprint density at radius 2 is 2.05 bits per heavy atom. The monoisotopic (exact) mass is 279 g/mol. The highest BCUT2D eigenvalue weighted by molar-refractivity contribution is 6.31. The number of nitrogens with one attached hydrogen (secondary N) is 1. The zero-order chi connectivity index (χ0) is 13.8. The van der Waals surface area contributed by atoms with E-state index >= 15 is 0 Å². The molecular formula is C15H15ClFNO. The largest absolute Gasteiger partial charge is 0.392 e. The molecule has 0 aliphatic carbocycles.